The number of aromatic nitrogens is 2. The predicted octanol–water partition coefficient (Wildman–Crippen LogP) is 1.88. The van der Waals surface area contributed by atoms with Crippen molar-refractivity contribution in [3.63, 3.8) is 0 Å². The number of carbonyl (C=O) groups excluding carboxylic acids is 2. The summed E-state index contributed by atoms with van der Waals surface area (Å²) < 4.78 is 1.89. The largest absolute Gasteiger partial charge is 0.331 e. The summed E-state index contributed by atoms with van der Waals surface area (Å²) in [5, 5.41) is 0. The highest BCUT2D eigenvalue weighted by Gasteiger charge is 2.35. The number of hydrogen-bond acceptors (Lipinski definition) is 4. The van der Waals surface area contributed by atoms with Crippen molar-refractivity contribution in [3.8, 4) is 0 Å². The quantitative estimate of drug-likeness (QED) is 0.876. The second-order valence-corrected chi connectivity index (χ2v) is 6.32. The van der Waals surface area contributed by atoms with Crippen LogP contribution in [0.2, 0.25) is 0 Å². The molecule has 7 nitrogen and oxygen atoms in total. The smallest absolute Gasteiger partial charge is 0.323 e. The van der Waals surface area contributed by atoms with Crippen molar-refractivity contribution in [3.05, 3.63) is 29.7 Å². The van der Waals surface area contributed by atoms with E-state index in [-0.39, 0.29) is 30.4 Å². The Balaban J connectivity index is 2.21. The van der Waals surface area contributed by atoms with E-state index in [1.165, 1.54) is 11.9 Å². The van der Waals surface area contributed by atoms with Gasteiger partial charge in [0.05, 0.1) is 11.4 Å². The summed E-state index contributed by atoms with van der Waals surface area (Å²) in [6, 6.07) is 1.40. The fourth-order valence-corrected chi connectivity index (χ4v) is 2.64. The molecule has 1 aliphatic heterocycles. The molecule has 0 radical (unpaired) electrons. The van der Waals surface area contributed by atoms with Gasteiger partial charge in [0.2, 0.25) is 5.91 Å². The number of nitrogens with two attached hydrogens (primary N) is 1. The lowest BCUT2D eigenvalue weighted by atomic mass is 10.1. The molecule has 3 heterocycles. The van der Waals surface area contributed by atoms with Crippen molar-refractivity contribution in [1.29, 1.82) is 0 Å². The van der Waals surface area contributed by atoms with Crippen LogP contribution < -0.4 is 10.6 Å². The lowest BCUT2D eigenvalue weighted by Crippen LogP contribution is -2.30. The second kappa shape index (κ2) is 5.34. The van der Waals surface area contributed by atoms with E-state index in [1.54, 1.807) is 0 Å². The normalized spacial score (nSPS) is 17.0. The fourth-order valence-electron chi connectivity index (χ4n) is 2.64. The van der Waals surface area contributed by atoms with Gasteiger partial charge in [0, 0.05) is 25.5 Å². The molecule has 1 saturated heterocycles. The average Bonchev–Trinajstić information content (AvgIpc) is 3.03. The monoisotopic (exact) mass is 315 g/mol. The summed E-state index contributed by atoms with van der Waals surface area (Å²) in [6.45, 7) is 6.06. The second-order valence-electron chi connectivity index (χ2n) is 6.32. The van der Waals surface area contributed by atoms with Crippen molar-refractivity contribution >= 4 is 23.3 Å². The Kier molecular flexibility index (Phi) is 3.60. The minimum absolute atomic E-state index is 0.0346. The lowest BCUT2D eigenvalue weighted by molar-refractivity contribution is -0.123. The third-order valence-electron chi connectivity index (χ3n) is 4.18. The zero-order valence-corrected chi connectivity index (χ0v) is 13.8. The van der Waals surface area contributed by atoms with Crippen LogP contribution in [0.1, 0.15) is 44.0 Å². The first-order chi connectivity index (χ1) is 10.8. The molecular weight excluding hydrogens is 294 g/mol. The van der Waals surface area contributed by atoms with Crippen molar-refractivity contribution in [2.75, 3.05) is 18.5 Å². The van der Waals surface area contributed by atoms with E-state index in [0.717, 1.165) is 16.2 Å². The highest BCUT2D eigenvalue weighted by atomic mass is 16.2. The molecule has 0 unspecified atom stereocenters. The number of imidazole rings is 1. The van der Waals surface area contributed by atoms with E-state index < -0.39 is 0 Å². The Bertz CT molecular complexity index is 793. The van der Waals surface area contributed by atoms with Crippen molar-refractivity contribution < 1.29 is 9.59 Å². The van der Waals surface area contributed by atoms with Crippen LogP contribution in [0, 0.1) is 0 Å². The van der Waals surface area contributed by atoms with E-state index in [0.29, 0.717) is 11.3 Å². The maximum atomic E-state index is 12.4. The van der Waals surface area contributed by atoms with E-state index in [1.807, 2.05) is 29.8 Å². The maximum absolute atomic E-state index is 12.4. The molecule has 2 N–H and O–H groups in total. The highest BCUT2D eigenvalue weighted by Crippen LogP contribution is 2.30. The van der Waals surface area contributed by atoms with E-state index >= 15 is 0 Å². The number of likely N-dealkylation sites (N-methyl/N-ethyl adjacent to an activating group) is 1. The third-order valence-corrected chi connectivity index (χ3v) is 4.18. The van der Waals surface area contributed by atoms with Crippen LogP contribution in [0.25, 0.3) is 5.65 Å². The van der Waals surface area contributed by atoms with E-state index in [9.17, 15) is 9.59 Å². The molecular formula is C16H21N5O2. The zero-order chi connectivity index (χ0) is 16.9. The molecule has 2 aromatic rings. The summed E-state index contributed by atoms with van der Waals surface area (Å²) in [4.78, 5) is 31.4. The van der Waals surface area contributed by atoms with Crippen LogP contribution in [-0.4, -0.2) is 39.8 Å². The molecule has 0 aliphatic carbocycles. The topological polar surface area (TPSA) is 83.9 Å². The Morgan fingerprint density at radius 2 is 1.91 bits per heavy atom. The molecule has 0 saturated carbocycles. The van der Waals surface area contributed by atoms with Gasteiger partial charge < -0.3 is 10.1 Å². The summed E-state index contributed by atoms with van der Waals surface area (Å²) in [5.41, 5.74) is 9.03. The Morgan fingerprint density at radius 3 is 2.43 bits per heavy atom. The predicted molar refractivity (Wildman–Crippen MR) is 87.4 cm³/mol. The molecule has 1 aliphatic rings. The van der Waals surface area contributed by atoms with Gasteiger partial charge in [-0.2, -0.15) is 0 Å². The van der Waals surface area contributed by atoms with Gasteiger partial charge in [0.1, 0.15) is 6.54 Å². The molecule has 7 heteroatoms. The molecule has 1 atom stereocenters. The number of hydrogen-bond donors (Lipinski definition) is 1. The van der Waals surface area contributed by atoms with Gasteiger partial charge in [0.15, 0.2) is 5.65 Å². The minimum atomic E-state index is -0.330. The Labute approximate surface area is 134 Å². The number of pyridine rings is 1. The van der Waals surface area contributed by atoms with Crippen LogP contribution in [0.15, 0.2) is 18.5 Å². The van der Waals surface area contributed by atoms with Gasteiger partial charge in [-0.25, -0.2) is 9.78 Å². The van der Waals surface area contributed by atoms with Crippen molar-refractivity contribution in [2.45, 2.75) is 32.7 Å². The number of amides is 3. The van der Waals surface area contributed by atoms with Gasteiger partial charge in [0.25, 0.3) is 0 Å². The van der Waals surface area contributed by atoms with Gasteiger partial charge >= 0.3 is 6.03 Å². The van der Waals surface area contributed by atoms with Crippen LogP contribution in [-0.2, 0) is 4.79 Å². The molecule has 2 aromatic heterocycles. The first kappa shape index (κ1) is 15.5. The first-order valence-electron chi connectivity index (χ1n) is 7.65. The van der Waals surface area contributed by atoms with Gasteiger partial charge in [-0.1, -0.05) is 13.8 Å². The SMILES string of the molecule is CC(C)c1cc(N2CC(=O)N(C)C2=O)c2nc([C@@H](C)N)cn2c1. The first-order valence-corrected chi connectivity index (χ1v) is 7.65. The fraction of sp³-hybridized carbons (Fsp3) is 0.438. The lowest BCUT2D eigenvalue weighted by Gasteiger charge is -2.18. The van der Waals surface area contributed by atoms with E-state index in [4.69, 9.17) is 5.73 Å². The third kappa shape index (κ3) is 2.46. The summed E-state index contributed by atoms with van der Waals surface area (Å²) in [5.74, 6) is 0.0625. The molecule has 23 heavy (non-hydrogen) atoms. The molecule has 0 spiro atoms. The standard InChI is InChI=1S/C16H21N5O2/c1-9(2)11-5-13(21-8-14(22)19(4)16(21)23)15-18-12(10(3)17)7-20(15)6-11/h5-7,9-10H,8,17H2,1-4H3/t10-/m1/s1. The van der Waals surface area contributed by atoms with Gasteiger partial charge in [-0.05, 0) is 24.5 Å². The Hall–Kier alpha value is -2.41. The number of urea groups is 1. The van der Waals surface area contributed by atoms with Crippen molar-refractivity contribution in [1.82, 2.24) is 14.3 Å². The van der Waals surface area contributed by atoms with Crippen LogP contribution in [0.4, 0.5) is 10.5 Å². The molecule has 1 fully saturated rings. The molecule has 0 bridgehead atoms. The highest BCUT2D eigenvalue weighted by molar-refractivity contribution is 6.13. The van der Waals surface area contributed by atoms with Crippen LogP contribution in [0.3, 0.4) is 0 Å². The molecule has 122 valence electrons. The van der Waals surface area contributed by atoms with Gasteiger partial charge in [-0.15, -0.1) is 0 Å². The van der Waals surface area contributed by atoms with Crippen LogP contribution >= 0.6 is 0 Å². The summed E-state index contributed by atoms with van der Waals surface area (Å²) in [6.07, 6.45) is 3.87. The zero-order valence-electron chi connectivity index (χ0n) is 13.8. The molecule has 3 amide bonds. The number of imide groups is 1. The number of nitrogens with zero attached hydrogens (tertiary/aromatic N) is 4. The number of carbonyl (C=O) groups is 2. The number of rotatable bonds is 3. The Morgan fingerprint density at radius 1 is 1.22 bits per heavy atom. The molecule has 0 aromatic carbocycles. The summed E-state index contributed by atoms with van der Waals surface area (Å²) >= 11 is 0. The van der Waals surface area contributed by atoms with Gasteiger partial charge in [-0.3, -0.25) is 14.6 Å². The minimum Gasteiger partial charge on any atom is -0.323 e. The summed E-state index contributed by atoms with van der Waals surface area (Å²) in [7, 11) is 1.49. The van der Waals surface area contributed by atoms with Crippen molar-refractivity contribution in [2.24, 2.45) is 5.73 Å². The van der Waals surface area contributed by atoms with E-state index in [2.05, 4.69) is 18.8 Å². The maximum Gasteiger partial charge on any atom is 0.331 e. The number of fused-ring (bicyclic) bond motifs is 1. The van der Waals surface area contributed by atoms with Crippen LogP contribution in [0.5, 0.6) is 0 Å². The molecule has 3 rings (SSSR count). The average molecular weight is 315 g/mol. The number of anilines is 1.